The van der Waals surface area contributed by atoms with Crippen LogP contribution in [0.5, 0.6) is 5.75 Å². The predicted octanol–water partition coefficient (Wildman–Crippen LogP) is 2.80. The molecule has 28 heavy (non-hydrogen) atoms. The number of carbonyl (C=O) groups excluding carboxylic acids is 1. The summed E-state index contributed by atoms with van der Waals surface area (Å²) in [4.78, 5) is 12.9. The summed E-state index contributed by atoms with van der Waals surface area (Å²) >= 11 is 5.88. The summed E-state index contributed by atoms with van der Waals surface area (Å²) in [5.41, 5.74) is 5.33. The molecule has 2 aromatic carbocycles. The smallest absolute Gasteiger partial charge is 0.315 e. The normalized spacial score (nSPS) is 23.9. The van der Waals surface area contributed by atoms with E-state index in [-0.39, 0.29) is 18.0 Å². The molecule has 0 aliphatic heterocycles. The number of ether oxygens (including phenoxy) is 2. The summed E-state index contributed by atoms with van der Waals surface area (Å²) in [6.07, 6.45) is 0. The lowest BCUT2D eigenvalue weighted by Gasteiger charge is -2.14. The highest BCUT2D eigenvalue weighted by Gasteiger charge is 2.75. The van der Waals surface area contributed by atoms with Gasteiger partial charge in [0.2, 0.25) is 0 Å². The zero-order valence-corrected chi connectivity index (χ0v) is 17.2. The van der Waals surface area contributed by atoms with E-state index in [1.165, 1.54) is 24.3 Å². The van der Waals surface area contributed by atoms with Crippen molar-refractivity contribution in [1.29, 1.82) is 0 Å². The molecule has 1 saturated carbocycles. The van der Waals surface area contributed by atoms with E-state index in [1.807, 2.05) is 0 Å². The fourth-order valence-electron chi connectivity index (χ4n) is 3.75. The van der Waals surface area contributed by atoms with E-state index >= 15 is 0 Å². The summed E-state index contributed by atoms with van der Waals surface area (Å²) in [5.74, 6) is -0.569. The number of hydrogen-bond acceptors (Lipinski definition) is 6. The van der Waals surface area contributed by atoms with Crippen molar-refractivity contribution in [3.05, 3.63) is 59.1 Å². The number of esters is 1. The van der Waals surface area contributed by atoms with Gasteiger partial charge in [0, 0.05) is 17.5 Å². The molecule has 150 valence electrons. The highest BCUT2D eigenvalue weighted by molar-refractivity contribution is 7.92. The Morgan fingerprint density at radius 3 is 2.25 bits per heavy atom. The third-order valence-electron chi connectivity index (χ3n) is 5.20. The monoisotopic (exact) mass is 423 g/mol. The van der Waals surface area contributed by atoms with E-state index < -0.39 is 32.4 Å². The van der Waals surface area contributed by atoms with Gasteiger partial charge in [-0.15, -0.1) is 0 Å². The van der Waals surface area contributed by atoms with Gasteiger partial charge in [-0.2, -0.15) is 0 Å². The van der Waals surface area contributed by atoms with E-state index in [4.69, 9.17) is 26.8 Å². The van der Waals surface area contributed by atoms with Gasteiger partial charge in [-0.1, -0.05) is 23.7 Å². The minimum absolute atomic E-state index is 0.0973. The summed E-state index contributed by atoms with van der Waals surface area (Å²) in [6, 6.07) is 12.9. The van der Waals surface area contributed by atoms with Gasteiger partial charge in [0.15, 0.2) is 9.84 Å². The lowest BCUT2D eigenvalue weighted by atomic mass is 9.99. The van der Waals surface area contributed by atoms with E-state index in [2.05, 4.69) is 0 Å². The van der Waals surface area contributed by atoms with Crippen LogP contribution in [0, 0.1) is 5.41 Å². The fraction of sp³-hybridized carbons (Fsp3) is 0.350. The van der Waals surface area contributed by atoms with Crippen molar-refractivity contribution in [3.63, 3.8) is 0 Å². The first kappa shape index (κ1) is 20.6. The summed E-state index contributed by atoms with van der Waals surface area (Å²) < 4.78 is 37.1. The van der Waals surface area contributed by atoms with Gasteiger partial charge in [0.05, 0.1) is 23.9 Å². The maximum atomic E-state index is 13.4. The fourth-order valence-corrected chi connectivity index (χ4v) is 6.26. The molecule has 0 bridgehead atoms. The second-order valence-corrected chi connectivity index (χ2v) is 9.14. The molecule has 3 atom stereocenters. The van der Waals surface area contributed by atoms with Gasteiger partial charge in [-0.3, -0.25) is 4.79 Å². The van der Waals surface area contributed by atoms with Crippen molar-refractivity contribution in [2.24, 2.45) is 11.1 Å². The van der Waals surface area contributed by atoms with Crippen molar-refractivity contribution in [1.82, 2.24) is 0 Å². The Balaban J connectivity index is 2.09. The average Bonchev–Trinajstić information content (AvgIpc) is 3.40. The van der Waals surface area contributed by atoms with Crippen LogP contribution < -0.4 is 10.5 Å². The molecule has 0 unspecified atom stereocenters. The zero-order valence-electron chi connectivity index (χ0n) is 15.6. The van der Waals surface area contributed by atoms with Crippen LogP contribution in [0.4, 0.5) is 0 Å². The molecular formula is C20H22ClNO5S. The van der Waals surface area contributed by atoms with Crippen molar-refractivity contribution >= 4 is 27.4 Å². The lowest BCUT2D eigenvalue weighted by molar-refractivity contribution is -0.149. The molecule has 0 heterocycles. The number of sulfone groups is 1. The summed E-state index contributed by atoms with van der Waals surface area (Å²) in [6.45, 7) is 1.68. The number of nitrogens with two attached hydrogens (primary N) is 1. The molecule has 3 rings (SSSR count). The highest BCUT2D eigenvalue weighted by Crippen LogP contribution is 2.64. The van der Waals surface area contributed by atoms with Crippen LogP contribution in [-0.4, -0.2) is 39.9 Å². The number of benzene rings is 2. The van der Waals surface area contributed by atoms with Crippen LogP contribution in [0.2, 0.25) is 5.02 Å². The molecule has 1 fully saturated rings. The van der Waals surface area contributed by atoms with Crippen molar-refractivity contribution in [2.45, 2.75) is 23.0 Å². The molecular weight excluding hydrogens is 402 g/mol. The van der Waals surface area contributed by atoms with Gasteiger partial charge in [-0.25, -0.2) is 8.42 Å². The number of methoxy groups -OCH3 is 1. The Kier molecular flexibility index (Phi) is 5.70. The molecule has 0 radical (unpaired) electrons. The van der Waals surface area contributed by atoms with Crippen LogP contribution >= 0.6 is 11.6 Å². The van der Waals surface area contributed by atoms with Crippen LogP contribution in [0.25, 0.3) is 0 Å². The Hall–Kier alpha value is -2.09. The molecule has 0 amide bonds. The first-order valence-corrected chi connectivity index (χ1v) is 10.8. The molecule has 0 saturated heterocycles. The minimum atomic E-state index is -3.85. The van der Waals surface area contributed by atoms with E-state index in [0.717, 1.165) is 0 Å². The number of rotatable bonds is 7. The molecule has 0 aromatic heterocycles. The number of halogens is 1. The van der Waals surface area contributed by atoms with Crippen LogP contribution in [0.1, 0.15) is 18.4 Å². The number of hydrogen-bond donors (Lipinski definition) is 1. The Morgan fingerprint density at radius 2 is 1.75 bits per heavy atom. The average molecular weight is 424 g/mol. The largest absolute Gasteiger partial charge is 0.497 e. The van der Waals surface area contributed by atoms with Crippen LogP contribution in [0.15, 0.2) is 53.4 Å². The van der Waals surface area contributed by atoms with Crippen molar-refractivity contribution in [2.75, 3.05) is 20.3 Å². The zero-order chi connectivity index (χ0) is 20.5. The second kappa shape index (κ2) is 7.73. The second-order valence-electron chi connectivity index (χ2n) is 6.64. The maximum Gasteiger partial charge on any atom is 0.315 e. The van der Waals surface area contributed by atoms with Crippen LogP contribution in [-0.2, 0) is 19.4 Å². The molecule has 2 aromatic rings. The molecule has 6 nitrogen and oxygen atoms in total. The van der Waals surface area contributed by atoms with E-state index in [9.17, 15) is 13.2 Å². The lowest BCUT2D eigenvalue weighted by Crippen LogP contribution is -2.33. The summed E-state index contributed by atoms with van der Waals surface area (Å²) in [5, 5.41) is -0.587. The third kappa shape index (κ3) is 3.27. The van der Waals surface area contributed by atoms with Gasteiger partial charge in [0.1, 0.15) is 11.2 Å². The van der Waals surface area contributed by atoms with E-state index in [1.54, 1.807) is 38.3 Å². The summed E-state index contributed by atoms with van der Waals surface area (Å²) in [7, 11) is -2.30. The highest BCUT2D eigenvalue weighted by atomic mass is 35.5. The van der Waals surface area contributed by atoms with Gasteiger partial charge in [0.25, 0.3) is 0 Å². The first-order chi connectivity index (χ1) is 13.3. The third-order valence-corrected chi connectivity index (χ3v) is 7.74. The quantitative estimate of drug-likeness (QED) is 0.688. The molecule has 1 aliphatic carbocycles. The molecule has 2 N–H and O–H groups in total. The van der Waals surface area contributed by atoms with Crippen molar-refractivity contribution < 1.29 is 22.7 Å². The van der Waals surface area contributed by atoms with Crippen LogP contribution in [0.3, 0.4) is 0 Å². The predicted molar refractivity (Wildman–Crippen MR) is 106 cm³/mol. The Bertz CT molecular complexity index is 959. The standard InChI is InChI=1S/C20H22ClNO5S/c1-3-27-19(23)20(12-22)17(13-4-8-15(26-2)9-5-13)18(20)28(24,25)16-10-6-14(21)7-11-16/h4-11,17-18H,3,12,22H2,1-2H3/t17-,18+,20+/m1/s1. The topological polar surface area (TPSA) is 95.7 Å². The Morgan fingerprint density at radius 1 is 1.14 bits per heavy atom. The SMILES string of the molecule is CCOC(=O)[C@@]1(CN)[C@H](c2ccc(OC)cc2)[C@@H]1S(=O)(=O)c1ccc(Cl)cc1. The van der Waals surface area contributed by atoms with Gasteiger partial charge >= 0.3 is 5.97 Å². The van der Waals surface area contributed by atoms with Gasteiger partial charge in [-0.05, 0) is 48.9 Å². The van der Waals surface area contributed by atoms with Gasteiger partial charge < -0.3 is 15.2 Å². The maximum absolute atomic E-state index is 13.4. The molecule has 0 spiro atoms. The Labute approximate surface area is 169 Å². The van der Waals surface area contributed by atoms with E-state index in [0.29, 0.717) is 16.3 Å². The number of carbonyl (C=O) groups is 1. The molecule has 8 heteroatoms. The first-order valence-electron chi connectivity index (χ1n) is 8.83. The van der Waals surface area contributed by atoms with Crippen molar-refractivity contribution in [3.8, 4) is 5.75 Å². The molecule has 1 aliphatic rings. The minimum Gasteiger partial charge on any atom is -0.497 e.